The molecule has 1 aliphatic carbocycles. The number of carbonyl (C=O) groups is 1. The lowest BCUT2D eigenvalue weighted by Crippen LogP contribution is -2.48. The Morgan fingerprint density at radius 1 is 0.977 bits per heavy atom. The van der Waals surface area contributed by atoms with Gasteiger partial charge in [0.1, 0.15) is 4.90 Å². The molecule has 0 N–H and O–H groups in total. The maximum atomic E-state index is 14.4. The van der Waals surface area contributed by atoms with Gasteiger partial charge in [0.15, 0.2) is 11.5 Å². The van der Waals surface area contributed by atoms with Crippen molar-refractivity contribution in [1.29, 1.82) is 0 Å². The number of sulfonamides is 1. The number of nitrogens with zero attached hydrogens (tertiary/aromatic N) is 3. The van der Waals surface area contributed by atoms with Gasteiger partial charge in [0, 0.05) is 33.9 Å². The van der Waals surface area contributed by atoms with Gasteiger partial charge >= 0.3 is 0 Å². The molecule has 1 fully saturated rings. The number of carbonyl (C=O) groups excluding carboxylic acids is 1. The molecule has 0 spiro atoms. The van der Waals surface area contributed by atoms with Crippen LogP contribution in [0.2, 0.25) is 0 Å². The van der Waals surface area contributed by atoms with Crippen molar-refractivity contribution in [2.24, 2.45) is 0 Å². The predicted molar refractivity (Wildman–Crippen MR) is 170 cm³/mol. The molecule has 0 saturated heterocycles. The first-order valence-corrected chi connectivity index (χ1v) is 17.0. The van der Waals surface area contributed by atoms with Crippen molar-refractivity contribution in [3.8, 4) is 11.5 Å². The van der Waals surface area contributed by atoms with Crippen LogP contribution < -0.4 is 9.47 Å². The molecule has 43 heavy (non-hydrogen) atoms. The summed E-state index contributed by atoms with van der Waals surface area (Å²) in [6.07, 6.45) is 6.62. The smallest absolute Gasteiger partial charge is 0.245 e. The minimum Gasteiger partial charge on any atom is -0.493 e. The highest BCUT2D eigenvalue weighted by Crippen LogP contribution is 2.31. The number of ether oxygens (including phenoxy) is 2. The largest absolute Gasteiger partial charge is 0.493 e. The molecule has 1 saturated carbocycles. The van der Waals surface area contributed by atoms with E-state index in [2.05, 4.69) is 4.98 Å². The Morgan fingerprint density at radius 3 is 2.47 bits per heavy atom. The van der Waals surface area contributed by atoms with E-state index in [-0.39, 0.29) is 23.4 Å². The summed E-state index contributed by atoms with van der Waals surface area (Å²) in [5, 5.41) is 0.753. The molecule has 10 heteroatoms. The zero-order valence-corrected chi connectivity index (χ0v) is 26.6. The maximum Gasteiger partial charge on any atom is 0.245 e. The van der Waals surface area contributed by atoms with E-state index < -0.39 is 10.0 Å². The van der Waals surface area contributed by atoms with E-state index in [1.54, 1.807) is 54.9 Å². The molecule has 0 bridgehead atoms. The first kappa shape index (κ1) is 31.0. The quantitative estimate of drug-likeness (QED) is 0.187. The van der Waals surface area contributed by atoms with E-state index in [9.17, 15) is 13.2 Å². The molecule has 4 aromatic rings. The Morgan fingerprint density at radius 2 is 1.74 bits per heavy atom. The molecule has 2 aromatic carbocycles. The molecular formula is C33H39N3O5S2. The predicted octanol–water partition coefficient (Wildman–Crippen LogP) is 6.22. The van der Waals surface area contributed by atoms with Crippen LogP contribution in [0, 0.1) is 6.92 Å². The number of benzene rings is 2. The van der Waals surface area contributed by atoms with Crippen molar-refractivity contribution < 1.29 is 22.7 Å². The summed E-state index contributed by atoms with van der Waals surface area (Å²) in [4.78, 5) is 22.7. The number of fused-ring (bicyclic) bond motifs is 1. The molecule has 1 amide bonds. The maximum absolute atomic E-state index is 14.4. The number of methoxy groups -OCH3 is 2. The molecule has 0 radical (unpaired) electrons. The fourth-order valence-electron chi connectivity index (χ4n) is 5.77. The lowest BCUT2D eigenvalue weighted by Gasteiger charge is -2.34. The average Bonchev–Trinajstić information content (AvgIpc) is 3.45. The number of amides is 1. The number of rotatable bonds is 12. The fourth-order valence-corrected chi connectivity index (χ4v) is 8.48. The average molecular weight is 622 g/mol. The van der Waals surface area contributed by atoms with Crippen LogP contribution in [0.15, 0.2) is 71.8 Å². The van der Waals surface area contributed by atoms with Gasteiger partial charge in [0.2, 0.25) is 15.9 Å². The summed E-state index contributed by atoms with van der Waals surface area (Å²) in [6.45, 7) is 2.67. The van der Waals surface area contributed by atoms with Gasteiger partial charge in [-0.25, -0.2) is 8.42 Å². The lowest BCUT2D eigenvalue weighted by molar-refractivity contribution is -0.132. The SMILES string of the molecule is COc1ccc(CCN(Cc2ccc(C)s2)C(=O)CN(C2CCCCC2)S(=O)(=O)c2cccc3cccnc23)cc1OC. The van der Waals surface area contributed by atoms with Gasteiger partial charge in [0.25, 0.3) is 0 Å². The zero-order chi connectivity index (χ0) is 30.4. The summed E-state index contributed by atoms with van der Waals surface area (Å²) in [5.74, 6) is 1.06. The number of aryl methyl sites for hydroxylation is 1. The Labute approximate surface area is 258 Å². The summed E-state index contributed by atoms with van der Waals surface area (Å²) >= 11 is 1.65. The van der Waals surface area contributed by atoms with Crippen molar-refractivity contribution in [1.82, 2.24) is 14.2 Å². The summed E-state index contributed by atoms with van der Waals surface area (Å²) in [5.41, 5.74) is 1.43. The highest BCUT2D eigenvalue weighted by Gasteiger charge is 2.36. The lowest BCUT2D eigenvalue weighted by atomic mass is 9.95. The summed E-state index contributed by atoms with van der Waals surface area (Å²) in [6, 6.07) is 18.4. The first-order valence-electron chi connectivity index (χ1n) is 14.7. The number of pyridine rings is 1. The highest BCUT2D eigenvalue weighted by molar-refractivity contribution is 7.89. The minimum absolute atomic E-state index is 0.148. The van der Waals surface area contributed by atoms with Crippen LogP contribution in [0.4, 0.5) is 0 Å². The fraction of sp³-hybridized carbons (Fsp3) is 0.394. The zero-order valence-electron chi connectivity index (χ0n) is 25.0. The molecule has 228 valence electrons. The van der Waals surface area contributed by atoms with Gasteiger partial charge in [-0.3, -0.25) is 9.78 Å². The summed E-state index contributed by atoms with van der Waals surface area (Å²) in [7, 11) is -0.815. The number of aromatic nitrogens is 1. The van der Waals surface area contributed by atoms with Gasteiger partial charge in [0.05, 0.1) is 32.8 Å². The Bertz CT molecular complexity index is 1660. The standard InChI is InChI=1S/C33H39N3O5S2/c1-24-14-16-28(42-24)22-35(20-18-25-15-17-29(40-2)30(21-25)41-3)32(37)23-36(27-11-5-4-6-12-27)43(38,39)31-13-7-9-26-10-8-19-34-33(26)31/h7-10,13-17,19,21,27H,4-6,11-12,18,20,22-23H2,1-3H3. The Kier molecular flexibility index (Phi) is 10.00. The van der Waals surface area contributed by atoms with Crippen molar-refractivity contribution in [3.63, 3.8) is 0 Å². The first-order chi connectivity index (χ1) is 20.8. The van der Waals surface area contributed by atoms with E-state index in [0.29, 0.717) is 36.5 Å². The molecule has 0 atom stereocenters. The number of hydrogen-bond acceptors (Lipinski definition) is 7. The third-order valence-corrected chi connectivity index (χ3v) is 11.0. The van der Waals surface area contributed by atoms with Crippen molar-refractivity contribution >= 4 is 38.2 Å². The van der Waals surface area contributed by atoms with Crippen LogP contribution in [-0.2, 0) is 27.8 Å². The van der Waals surface area contributed by atoms with Crippen LogP contribution in [0.5, 0.6) is 11.5 Å². The van der Waals surface area contributed by atoms with Crippen LogP contribution in [0.1, 0.15) is 47.4 Å². The van der Waals surface area contributed by atoms with Gasteiger partial charge in [-0.15, -0.1) is 11.3 Å². The topological polar surface area (TPSA) is 89.0 Å². The second kappa shape index (κ2) is 13.9. The van der Waals surface area contributed by atoms with Crippen molar-refractivity contribution in [2.45, 2.75) is 62.9 Å². The second-order valence-corrected chi connectivity index (χ2v) is 14.2. The van der Waals surface area contributed by atoms with E-state index in [0.717, 1.165) is 52.8 Å². The van der Waals surface area contributed by atoms with Crippen LogP contribution in [0.3, 0.4) is 0 Å². The Balaban J connectivity index is 1.45. The van der Waals surface area contributed by atoms with Gasteiger partial charge < -0.3 is 14.4 Å². The van der Waals surface area contributed by atoms with Crippen LogP contribution >= 0.6 is 11.3 Å². The highest BCUT2D eigenvalue weighted by atomic mass is 32.2. The second-order valence-electron chi connectivity index (χ2n) is 10.9. The number of thiophene rings is 1. The molecule has 1 aliphatic rings. The molecule has 2 aromatic heterocycles. The molecule has 8 nitrogen and oxygen atoms in total. The number of para-hydroxylation sites is 1. The van der Waals surface area contributed by atoms with Gasteiger partial charge in [-0.2, -0.15) is 4.31 Å². The molecule has 0 aliphatic heterocycles. The third kappa shape index (κ3) is 7.20. The molecule has 5 rings (SSSR count). The van der Waals surface area contributed by atoms with E-state index in [1.807, 2.05) is 49.4 Å². The van der Waals surface area contributed by atoms with E-state index >= 15 is 0 Å². The van der Waals surface area contributed by atoms with Gasteiger partial charge in [-0.1, -0.05) is 43.5 Å². The Hall–Kier alpha value is -3.47. The monoisotopic (exact) mass is 621 g/mol. The van der Waals surface area contributed by atoms with Crippen molar-refractivity contribution in [2.75, 3.05) is 27.3 Å². The minimum atomic E-state index is -4.01. The molecule has 0 unspecified atom stereocenters. The normalized spacial score (nSPS) is 14.2. The number of hydrogen-bond donors (Lipinski definition) is 0. The van der Waals surface area contributed by atoms with Crippen LogP contribution in [-0.4, -0.2) is 61.9 Å². The summed E-state index contributed by atoms with van der Waals surface area (Å²) < 4.78 is 41.0. The van der Waals surface area contributed by atoms with Gasteiger partial charge in [-0.05, 0) is 68.1 Å². The molecule has 2 heterocycles. The van der Waals surface area contributed by atoms with E-state index in [1.165, 1.54) is 4.31 Å². The van der Waals surface area contributed by atoms with Crippen molar-refractivity contribution in [3.05, 3.63) is 82.2 Å². The third-order valence-electron chi connectivity index (χ3n) is 8.07. The molecular weight excluding hydrogens is 583 g/mol. The van der Waals surface area contributed by atoms with Crippen LogP contribution in [0.25, 0.3) is 10.9 Å². The van der Waals surface area contributed by atoms with E-state index in [4.69, 9.17) is 9.47 Å².